The Balaban J connectivity index is 0.781. The van der Waals surface area contributed by atoms with Crippen LogP contribution in [0.5, 0.6) is 5.75 Å². The van der Waals surface area contributed by atoms with Crippen molar-refractivity contribution in [3.8, 4) is 94.0 Å². The van der Waals surface area contributed by atoms with Gasteiger partial charge in [-0.05, 0) is 220 Å². The van der Waals surface area contributed by atoms with Crippen LogP contribution in [-0.2, 0) is 25.2 Å². The van der Waals surface area contributed by atoms with Gasteiger partial charge in [0.2, 0.25) is 5.76 Å². The summed E-state index contributed by atoms with van der Waals surface area (Å²) in [6, 6.07) is 60.3. The van der Waals surface area contributed by atoms with Crippen molar-refractivity contribution in [2.75, 3.05) is 4.90 Å². The summed E-state index contributed by atoms with van der Waals surface area (Å²) in [6.07, 6.45) is 3.16. The predicted octanol–water partition coefficient (Wildman–Crippen LogP) is 23.6. The zero-order chi connectivity index (χ0) is 63.8. The highest BCUT2D eigenvalue weighted by molar-refractivity contribution is 7.28. The van der Waals surface area contributed by atoms with Crippen molar-refractivity contribution in [1.82, 2.24) is 0 Å². The fourth-order valence-corrected chi connectivity index (χ4v) is 19.6. The summed E-state index contributed by atoms with van der Waals surface area (Å²) in [5.41, 5.74) is 17.2. The van der Waals surface area contributed by atoms with Crippen molar-refractivity contribution < 1.29 is 24.2 Å². The Bertz CT molecular complexity index is 4860. The molecule has 0 aliphatic heterocycles. The van der Waals surface area contributed by atoms with Crippen LogP contribution in [0.15, 0.2) is 169 Å². The SMILES string of the molecule is [C-]#[N+]/C(=C\c1cc(C(C)C)c(-c2ccc(-c3ccc(-c4ccc5c(c4)C(C)(C)c4cc(N(c6ccc(OC(C)C)cc6)c6ccc7c(c6)C(C)(C)c6cc(-c8ccc(-c9ccc(-c%10sc(/C=C(\C#N)OC=O)cc%10C(C)C)s9)s8)ccc6-7)ccc4-5)s3)s2)s1)C(=O)O. The summed E-state index contributed by atoms with van der Waals surface area (Å²) in [5, 5.41) is 19.0. The highest BCUT2D eigenvalue weighted by Crippen LogP contribution is 2.56. The number of carboxylic acids is 1. The molecule has 1 N–H and O–H groups in total. The zero-order valence-corrected chi connectivity index (χ0v) is 56.7. The molecular weight excluding hydrogens is 1240 g/mol. The van der Waals surface area contributed by atoms with Crippen molar-refractivity contribution in [2.24, 2.45) is 0 Å². The summed E-state index contributed by atoms with van der Waals surface area (Å²) in [4.78, 5) is 41.7. The number of ether oxygens (including phenoxy) is 2. The monoisotopic (exact) mass is 1300 g/mol. The molecule has 0 radical (unpaired) electrons. The summed E-state index contributed by atoms with van der Waals surface area (Å²) < 4.78 is 11.1. The Hall–Kier alpha value is -8.70. The van der Waals surface area contributed by atoms with Crippen molar-refractivity contribution in [1.29, 1.82) is 5.26 Å². The van der Waals surface area contributed by atoms with Gasteiger partial charge in [-0.2, -0.15) is 5.26 Å². The van der Waals surface area contributed by atoms with Gasteiger partial charge in [0, 0.05) is 92.5 Å². The van der Waals surface area contributed by atoms with E-state index in [0.717, 1.165) is 52.8 Å². The van der Waals surface area contributed by atoms with Crippen molar-refractivity contribution in [3.05, 3.63) is 224 Å². The van der Waals surface area contributed by atoms with E-state index in [2.05, 4.69) is 231 Å². The summed E-state index contributed by atoms with van der Waals surface area (Å²) >= 11 is 10.3. The maximum Gasteiger partial charge on any atom is 0.333 e. The van der Waals surface area contributed by atoms with Crippen molar-refractivity contribution >= 4 is 110 Å². The lowest BCUT2D eigenvalue weighted by molar-refractivity contribution is -0.132. The van der Waals surface area contributed by atoms with Crippen LogP contribution in [0, 0.1) is 17.9 Å². The van der Waals surface area contributed by atoms with Crippen LogP contribution in [-0.4, -0.2) is 23.7 Å². The first-order valence-corrected chi connectivity index (χ1v) is 35.0. The number of nitriles is 1. The molecule has 13 rings (SSSR count). The van der Waals surface area contributed by atoms with Crippen LogP contribution in [0.4, 0.5) is 17.1 Å². The second kappa shape index (κ2) is 24.2. The molecule has 2 aliphatic carbocycles. The van der Waals surface area contributed by atoms with Gasteiger partial charge in [0.25, 0.3) is 12.2 Å². The maximum atomic E-state index is 11.7. The molecule has 0 saturated heterocycles. The molecule has 5 aromatic carbocycles. The van der Waals surface area contributed by atoms with E-state index in [9.17, 15) is 20.0 Å². The minimum Gasteiger partial charge on any atom is -0.491 e. The molecule has 0 bridgehead atoms. The minimum atomic E-state index is -1.22. The maximum absolute atomic E-state index is 11.7. The fourth-order valence-electron chi connectivity index (χ4n) is 12.6. The summed E-state index contributed by atoms with van der Waals surface area (Å²) in [7, 11) is 0. The Labute approximate surface area is 555 Å². The quantitative estimate of drug-likeness (QED) is 0.0300. The largest absolute Gasteiger partial charge is 0.491 e. The number of carbonyl (C=O) groups is 2. The number of carbonyl (C=O) groups excluding carboxylic acids is 1. The molecule has 0 spiro atoms. The molecule has 2 aliphatic rings. The van der Waals surface area contributed by atoms with E-state index in [-0.39, 0.29) is 46.7 Å². The Kier molecular flexibility index (Phi) is 16.2. The minimum absolute atomic E-state index is 0.0275. The number of hydrogen-bond donors (Lipinski definition) is 1. The third kappa shape index (κ3) is 11.3. The van der Waals surface area contributed by atoms with Gasteiger partial charge in [0.05, 0.1) is 12.7 Å². The standard InChI is InChI=1S/C77H63N3O5S6/c1-42(2)58-37-52(36-51(40-78)84-41-81)86-73(58)71-30-28-69(90-71)67-26-24-65(88-67)45-12-20-54-56-22-16-48(34-62(56)76(7,8)60(54)32-45)80(47-14-18-50(19-15-47)85-44(5)6)49-17-23-57-55-21-13-46(33-61(55)77(9,10)63(57)35-49)66-25-27-68(89-66)70-29-31-72(91-70)74-59(43(3)4)38-53(87-74)39-64(79-11)75(82)83/h12-39,41-44H,1-10H3,(H,82,83)/b51-36+,64-39-. The number of thiophene rings is 6. The van der Waals surface area contributed by atoms with E-state index < -0.39 is 5.97 Å². The second-order valence-electron chi connectivity index (χ2n) is 24.8. The van der Waals surface area contributed by atoms with Crippen LogP contribution in [0.25, 0.3) is 99.1 Å². The number of aliphatic carboxylic acids is 1. The average Bonchev–Trinajstić information content (AvgIpc) is 1.59. The molecule has 0 amide bonds. The molecule has 0 saturated carbocycles. The number of fused-ring (bicyclic) bond motifs is 6. The number of rotatable bonds is 18. The van der Waals surface area contributed by atoms with Crippen LogP contribution < -0.4 is 9.64 Å². The highest BCUT2D eigenvalue weighted by Gasteiger charge is 2.39. The van der Waals surface area contributed by atoms with Gasteiger partial charge in [-0.1, -0.05) is 91.8 Å². The molecule has 91 heavy (non-hydrogen) atoms. The number of carboxylic acid groups (broad SMARTS) is 1. The molecule has 6 aromatic heterocycles. The Morgan fingerprint density at radius 3 is 1.33 bits per heavy atom. The molecule has 6 heterocycles. The molecule has 8 nitrogen and oxygen atoms in total. The first-order chi connectivity index (χ1) is 43.7. The van der Waals surface area contributed by atoms with Crippen LogP contribution in [0.1, 0.15) is 124 Å². The van der Waals surface area contributed by atoms with E-state index in [1.165, 1.54) is 113 Å². The van der Waals surface area contributed by atoms with Gasteiger partial charge in [-0.3, -0.25) is 9.59 Å². The number of anilines is 3. The van der Waals surface area contributed by atoms with Gasteiger partial charge in [0.15, 0.2) is 0 Å². The first kappa shape index (κ1) is 61.2. The second-order valence-corrected chi connectivity index (χ2v) is 31.3. The normalized spacial score (nSPS) is 13.7. The lowest BCUT2D eigenvalue weighted by atomic mass is 9.81. The van der Waals surface area contributed by atoms with E-state index in [0.29, 0.717) is 0 Å². The predicted molar refractivity (Wildman–Crippen MR) is 383 cm³/mol. The smallest absolute Gasteiger partial charge is 0.333 e. The highest BCUT2D eigenvalue weighted by atomic mass is 32.1. The van der Waals surface area contributed by atoms with Crippen molar-refractivity contribution in [3.63, 3.8) is 0 Å². The lowest BCUT2D eigenvalue weighted by Gasteiger charge is -2.30. The number of hydrogen-bond acceptors (Lipinski definition) is 12. The van der Waals surface area contributed by atoms with Crippen LogP contribution in [0.2, 0.25) is 0 Å². The fraction of sp³-hybridized carbons (Fsp3) is 0.195. The Morgan fingerprint density at radius 1 is 0.527 bits per heavy atom. The van der Waals surface area contributed by atoms with Gasteiger partial charge < -0.3 is 19.5 Å². The summed E-state index contributed by atoms with van der Waals surface area (Å²) in [5.74, 6) is 0.0807. The third-order valence-corrected chi connectivity index (χ3v) is 24.6. The lowest BCUT2D eigenvalue weighted by Crippen LogP contribution is -2.18. The zero-order valence-electron chi connectivity index (χ0n) is 51.8. The number of nitrogens with zero attached hydrogens (tertiary/aromatic N) is 3. The number of allylic oxidation sites excluding steroid dienone is 1. The van der Waals surface area contributed by atoms with E-state index in [4.69, 9.17) is 16.0 Å². The van der Waals surface area contributed by atoms with Gasteiger partial charge in [0.1, 0.15) is 11.8 Å². The van der Waals surface area contributed by atoms with Gasteiger partial charge in [-0.15, -0.1) is 68.0 Å². The van der Waals surface area contributed by atoms with E-state index in [1.54, 1.807) is 51.4 Å². The van der Waals surface area contributed by atoms with Crippen LogP contribution in [0.3, 0.4) is 0 Å². The molecule has 0 unspecified atom stereocenters. The molecule has 14 heteroatoms. The van der Waals surface area contributed by atoms with E-state index >= 15 is 0 Å². The molecule has 11 aromatic rings. The topological polar surface area (TPSA) is 104 Å². The van der Waals surface area contributed by atoms with Gasteiger partial charge >= 0.3 is 5.97 Å². The van der Waals surface area contributed by atoms with Crippen LogP contribution >= 0.6 is 68.0 Å². The third-order valence-electron chi connectivity index (χ3n) is 17.2. The van der Waals surface area contributed by atoms with E-state index in [1.807, 2.05) is 23.5 Å². The molecule has 452 valence electrons. The summed E-state index contributed by atoms with van der Waals surface area (Å²) in [6.45, 7) is 29.8. The number of benzene rings is 5. The first-order valence-electron chi connectivity index (χ1n) is 30.1. The molecular formula is C77H63N3O5S6. The molecule has 0 atom stereocenters. The Morgan fingerprint density at radius 2 is 0.923 bits per heavy atom. The molecule has 0 fully saturated rings. The van der Waals surface area contributed by atoms with Gasteiger partial charge in [-0.25, -0.2) is 4.85 Å². The average molecular weight is 1300 g/mol. The van der Waals surface area contributed by atoms with Crippen molar-refractivity contribution in [2.45, 2.75) is 98.0 Å².